The summed E-state index contributed by atoms with van der Waals surface area (Å²) in [5, 5.41) is 14.6. The predicted molar refractivity (Wildman–Crippen MR) is 138 cm³/mol. The van der Waals surface area contributed by atoms with Crippen LogP contribution >= 0.6 is 0 Å². The maximum atomic E-state index is 12.5. The van der Waals surface area contributed by atoms with Crippen LogP contribution < -0.4 is 20.1 Å². The highest BCUT2D eigenvalue weighted by Crippen LogP contribution is 2.37. The largest absolute Gasteiger partial charge is 0.490 e. The summed E-state index contributed by atoms with van der Waals surface area (Å²) < 4.78 is 11.1. The van der Waals surface area contributed by atoms with E-state index in [0.717, 1.165) is 25.7 Å². The average Bonchev–Trinajstić information content (AvgIpc) is 2.86. The van der Waals surface area contributed by atoms with Crippen molar-refractivity contribution in [3.05, 3.63) is 53.6 Å². The fourth-order valence-electron chi connectivity index (χ4n) is 4.59. The topological polar surface area (TPSA) is 114 Å². The van der Waals surface area contributed by atoms with E-state index in [0.29, 0.717) is 41.9 Å². The van der Waals surface area contributed by atoms with E-state index in [-0.39, 0.29) is 37.1 Å². The van der Waals surface area contributed by atoms with Crippen LogP contribution in [-0.4, -0.2) is 42.6 Å². The van der Waals surface area contributed by atoms with E-state index in [1.807, 2.05) is 38.1 Å². The van der Waals surface area contributed by atoms with Crippen molar-refractivity contribution in [2.75, 3.05) is 25.1 Å². The second-order valence-electron chi connectivity index (χ2n) is 9.02. The molecule has 0 unspecified atom stereocenters. The first-order valence-electron chi connectivity index (χ1n) is 12.7. The third-order valence-corrected chi connectivity index (χ3v) is 6.42. The number of aliphatic carboxylic acids is 1. The van der Waals surface area contributed by atoms with Gasteiger partial charge in [-0.1, -0.05) is 12.1 Å². The SMILES string of the molecule is CCOc1ccc(C(=O)NCCC(=O)Nc2ccc(C3CCC(CC(=O)O)CC3)cc2)cc1OCC. The molecule has 0 bridgehead atoms. The van der Waals surface area contributed by atoms with Gasteiger partial charge in [-0.25, -0.2) is 0 Å². The molecule has 0 heterocycles. The molecule has 0 aliphatic heterocycles. The van der Waals surface area contributed by atoms with Crippen LogP contribution in [0, 0.1) is 5.92 Å². The Morgan fingerprint density at radius 3 is 2.22 bits per heavy atom. The predicted octanol–water partition coefficient (Wildman–Crippen LogP) is 4.99. The third-order valence-electron chi connectivity index (χ3n) is 6.42. The molecule has 3 rings (SSSR count). The molecule has 0 radical (unpaired) electrons. The lowest BCUT2D eigenvalue weighted by molar-refractivity contribution is -0.138. The first-order valence-corrected chi connectivity index (χ1v) is 12.7. The molecule has 0 aromatic heterocycles. The number of amides is 2. The lowest BCUT2D eigenvalue weighted by Crippen LogP contribution is -2.27. The molecule has 3 N–H and O–H groups in total. The van der Waals surface area contributed by atoms with E-state index in [1.165, 1.54) is 5.56 Å². The minimum absolute atomic E-state index is 0.149. The molecule has 194 valence electrons. The monoisotopic (exact) mass is 496 g/mol. The molecule has 1 aliphatic carbocycles. The Morgan fingerprint density at radius 2 is 1.58 bits per heavy atom. The van der Waals surface area contributed by atoms with Gasteiger partial charge in [-0.2, -0.15) is 0 Å². The van der Waals surface area contributed by atoms with Crippen molar-refractivity contribution in [2.45, 2.75) is 58.3 Å². The van der Waals surface area contributed by atoms with Crippen molar-refractivity contribution in [3.8, 4) is 11.5 Å². The lowest BCUT2D eigenvalue weighted by Gasteiger charge is -2.28. The molecular formula is C28H36N2O6. The summed E-state index contributed by atoms with van der Waals surface area (Å²) in [6.07, 6.45) is 4.26. The number of nitrogens with one attached hydrogen (secondary N) is 2. The van der Waals surface area contributed by atoms with Crippen LogP contribution in [0.1, 0.15) is 74.2 Å². The van der Waals surface area contributed by atoms with E-state index in [9.17, 15) is 14.4 Å². The van der Waals surface area contributed by atoms with Crippen molar-refractivity contribution in [2.24, 2.45) is 5.92 Å². The summed E-state index contributed by atoms with van der Waals surface area (Å²) >= 11 is 0. The van der Waals surface area contributed by atoms with Gasteiger partial charge < -0.3 is 25.2 Å². The van der Waals surface area contributed by atoms with Crippen LogP contribution in [0.5, 0.6) is 11.5 Å². The van der Waals surface area contributed by atoms with E-state index < -0.39 is 5.97 Å². The summed E-state index contributed by atoms with van der Waals surface area (Å²) in [7, 11) is 0. The number of hydrogen-bond donors (Lipinski definition) is 3. The van der Waals surface area contributed by atoms with Crippen molar-refractivity contribution in [1.82, 2.24) is 5.32 Å². The summed E-state index contributed by atoms with van der Waals surface area (Å²) in [4.78, 5) is 35.8. The van der Waals surface area contributed by atoms with Crippen molar-refractivity contribution < 1.29 is 29.0 Å². The number of anilines is 1. The standard InChI is InChI=1S/C28H36N2O6/c1-3-35-24-14-11-22(18-25(24)36-4-2)28(34)29-16-15-26(31)30-23-12-9-21(10-13-23)20-7-5-19(6-8-20)17-27(32)33/h9-14,18-20H,3-8,15-17H2,1-2H3,(H,29,34)(H,30,31)(H,32,33). The molecule has 1 aliphatic rings. The van der Waals surface area contributed by atoms with Crippen molar-refractivity contribution in [3.63, 3.8) is 0 Å². The molecule has 0 spiro atoms. The molecule has 1 fully saturated rings. The maximum Gasteiger partial charge on any atom is 0.303 e. The van der Waals surface area contributed by atoms with Gasteiger partial charge in [0.05, 0.1) is 13.2 Å². The second-order valence-corrected chi connectivity index (χ2v) is 9.02. The number of carboxylic acid groups (broad SMARTS) is 1. The zero-order valence-corrected chi connectivity index (χ0v) is 21.0. The van der Waals surface area contributed by atoms with Gasteiger partial charge in [-0.05, 0) is 87.3 Å². The normalized spacial score (nSPS) is 17.2. The Balaban J connectivity index is 1.43. The highest BCUT2D eigenvalue weighted by Gasteiger charge is 2.24. The minimum atomic E-state index is -0.718. The molecule has 0 saturated heterocycles. The Hall–Kier alpha value is -3.55. The maximum absolute atomic E-state index is 12.5. The molecule has 2 aromatic rings. The van der Waals surface area contributed by atoms with Crippen LogP contribution in [0.2, 0.25) is 0 Å². The fourth-order valence-corrected chi connectivity index (χ4v) is 4.59. The molecule has 8 nitrogen and oxygen atoms in total. The first kappa shape index (κ1) is 27.0. The quantitative estimate of drug-likeness (QED) is 0.381. The zero-order chi connectivity index (χ0) is 25.9. The number of carbonyl (C=O) groups is 3. The number of hydrogen-bond acceptors (Lipinski definition) is 5. The Morgan fingerprint density at radius 1 is 0.917 bits per heavy atom. The van der Waals surface area contributed by atoms with Gasteiger partial charge in [-0.3, -0.25) is 14.4 Å². The number of rotatable bonds is 12. The van der Waals surface area contributed by atoms with Gasteiger partial charge in [-0.15, -0.1) is 0 Å². The molecular weight excluding hydrogens is 460 g/mol. The Kier molecular flexibility index (Phi) is 10.2. The lowest BCUT2D eigenvalue weighted by atomic mass is 9.77. The average molecular weight is 497 g/mol. The highest BCUT2D eigenvalue weighted by molar-refractivity contribution is 5.95. The summed E-state index contributed by atoms with van der Waals surface area (Å²) in [6.45, 7) is 4.91. The molecule has 2 aromatic carbocycles. The minimum Gasteiger partial charge on any atom is -0.490 e. The Bertz CT molecular complexity index is 1030. The zero-order valence-electron chi connectivity index (χ0n) is 21.0. The van der Waals surface area contributed by atoms with Crippen LogP contribution in [0.25, 0.3) is 0 Å². The molecule has 36 heavy (non-hydrogen) atoms. The molecule has 2 amide bonds. The van der Waals surface area contributed by atoms with Gasteiger partial charge >= 0.3 is 5.97 Å². The van der Waals surface area contributed by atoms with Crippen molar-refractivity contribution >= 4 is 23.5 Å². The highest BCUT2D eigenvalue weighted by atomic mass is 16.5. The van der Waals surface area contributed by atoms with Gasteiger partial charge in [0, 0.05) is 30.6 Å². The van der Waals surface area contributed by atoms with Crippen LogP contribution in [0.15, 0.2) is 42.5 Å². The van der Waals surface area contributed by atoms with Crippen LogP contribution in [-0.2, 0) is 9.59 Å². The van der Waals surface area contributed by atoms with Gasteiger partial charge in [0.2, 0.25) is 5.91 Å². The van der Waals surface area contributed by atoms with Gasteiger partial charge in [0.1, 0.15) is 0 Å². The number of carbonyl (C=O) groups excluding carboxylic acids is 2. The van der Waals surface area contributed by atoms with E-state index in [4.69, 9.17) is 14.6 Å². The van der Waals surface area contributed by atoms with E-state index in [1.54, 1.807) is 18.2 Å². The Labute approximate surface area is 212 Å². The van der Waals surface area contributed by atoms with Crippen molar-refractivity contribution in [1.29, 1.82) is 0 Å². The number of benzene rings is 2. The summed E-state index contributed by atoms with van der Waals surface area (Å²) in [5.41, 5.74) is 2.37. The molecule has 0 atom stereocenters. The van der Waals surface area contributed by atoms with Gasteiger partial charge in [0.15, 0.2) is 11.5 Å². The van der Waals surface area contributed by atoms with Crippen LogP contribution in [0.4, 0.5) is 5.69 Å². The summed E-state index contributed by atoms with van der Waals surface area (Å²) in [6, 6.07) is 12.9. The van der Waals surface area contributed by atoms with E-state index >= 15 is 0 Å². The molecule has 1 saturated carbocycles. The van der Waals surface area contributed by atoms with Crippen LogP contribution in [0.3, 0.4) is 0 Å². The first-order chi connectivity index (χ1) is 17.4. The second kappa shape index (κ2) is 13.5. The molecule has 8 heteroatoms. The number of carboxylic acids is 1. The van der Waals surface area contributed by atoms with Gasteiger partial charge in [0.25, 0.3) is 5.91 Å². The fraction of sp³-hybridized carbons (Fsp3) is 0.464. The smallest absolute Gasteiger partial charge is 0.303 e. The summed E-state index contributed by atoms with van der Waals surface area (Å²) in [5.74, 6) is 0.631. The number of ether oxygens (including phenoxy) is 2. The third kappa shape index (κ3) is 8.00. The van der Waals surface area contributed by atoms with E-state index in [2.05, 4.69) is 10.6 Å².